The zero-order valence-corrected chi connectivity index (χ0v) is 15.3. The molecule has 2 N–H and O–H groups in total. The first-order valence-corrected chi connectivity index (χ1v) is 8.47. The van der Waals surface area contributed by atoms with E-state index in [4.69, 9.17) is 26.2 Å². The fourth-order valence-corrected chi connectivity index (χ4v) is 2.48. The van der Waals surface area contributed by atoms with Crippen molar-refractivity contribution in [1.29, 1.82) is 0 Å². The Morgan fingerprint density at radius 1 is 1.20 bits per heavy atom. The molecular formula is C19H22ClNO4. The van der Waals surface area contributed by atoms with Crippen LogP contribution in [-0.2, 0) is 6.54 Å². The molecule has 0 bridgehead atoms. The number of carboxylic acids is 1. The number of aromatic carboxylic acids is 1. The zero-order chi connectivity index (χ0) is 18.4. The van der Waals surface area contributed by atoms with Crippen molar-refractivity contribution in [1.82, 2.24) is 0 Å². The van der Waals surface area contributed by atoms with Gasteiger partial charge in [-0.1, -0.05) is 11.6 Å². The molecule has 0 aliphatic carbocycles. The number of anilines is 1. The Hall–Kier alpha value is -2.40. The topological polar surface area (TPSA) is 67.8 Å². The van der Waals surface area contributed by atoms with Crippen LogP contribution in [0.25, 0.3) is 0 Å². The molecule has 0 aromatic heterocycles. The van der Waals surface area contributed by atoms with Gasteiger partial charge in [0.05, 0.1) is 18.3 Å². The minimum atomic E-state index is -0.948. The average molecular weight is 364 g/mol. The van der Waals surface area contributed by atoms with Crippen LogP contribution in [0.1, 0.15) is 36.7 Å². The number of carbonyl (C=O) groups is 1. The quantitative estimate of drug-likeness (QED) is 0.702. The molecule has 2 aromatic carbocycles. The minimum Gasteiger partial charge on any atom is -0.490 e. The van der Waals surface area contributed by atoms with Crippen LogP contribution >= 0.6 is 11.6 Å². The van der Waals surface area contributed by atoms with E-state index in [9.17, 15) is 4.79 Å². The van der Waals surface area contributed by atoms with E-state index < -0.39 is 5.97 Å². The number of hydrogen-bond donors (Lipinski definition) is 2. The summed E-state index contributed by atoms with van der Waals surface area (Å²) >= 11 is 6.36. The molecule has 25 heavy (non-hydrogen) atoms. The molecule has 0 spiro atoms. The Kier molecular flexibility index (Phi) is 6.53. The highest BCUT2D eigenvalue weighted by Gasteiger charge is 2.12. The smallest absolute Gasteiger partial charge is 0.335 e. The van der Waals surface area contributed by atoms with Crippen LogP contribution in [0.2, 0.25) is 5.02 Å². The molecule has 2 rings (SSSR count). The molecule has 134 valence electrons. The fraction of sp³-hybridized carbons (Fsp3) is 0.316. The van der Waals surface area contributed by atoms with Crippen molar-refractivity contribution in [3.8, 4) is 11.5 Å². The van der Waals surface area contributed by atoms with Gasteiger partial charge in [0.1, 0.15) is 0 Å². The summed E-state index contributed by atoms with van der Waals surface area (Å²) in [7, 11) is 0. The first kappa shape index (κ1) is 18.9. The molecule has 0 atom stereocenters. The van der Waals surface area contributed by atoms with Gasteiger partial charge < -0.3 is 19.9 Å². The SMILES string of the molecule is CCOc1cc(CNc2ccc(C(=O)O)cc2)c(Cl)cc1OC(C)C. The fourth-order valence-electron chi connectivity index (χ4n) is 2.25. The van der Waals surface area contributed by atoms with Crippen LogP contribution < -0.4 is 14.8 Å². The van der Waals surface area contributed by atoms with E-state index in [1.807, 2.05) is 26.8 Å². The van der Waals surface area contributed by atoms with Crippen LogP contribution in [0, 0.1) is 0 Å². The molecule has 0 heterocycles. The summed E-state index contributed by atoms with van der Waals surface area (Å²) in [5, 5.41) is 12.7. The Morgan fingerprint density at radius 3 is 2.44 bits per heavy atom. The number of nitrogens with one attached hydrogen (secondary N) is 1. The average Bonchev–Trinajstić information content (AvgIpc) is 2.56. The van der Waals surface area contributed by atoms with E-state index in [1.54, 1.807) is 30.3 Å². The molecule has 5 nitrogen and oxygen atoms in total. The van der Waals surface area contributed by atoms with Crippen molar-refractivity contribution >= 4 is 23.3 Å². The third kappa shape index (κ3) is 5.29. The third-order valence-electron chi connectivity index (χ3n) is 3.39. The summed E-state index contributed by atoms with van der Waals surface area (Å²) in [4.78, 5) is 10.9. The maximum absolute atomic E-state index is 10.9. The van der Waals surface area contributed by atoms with Gasteiger partial charge in [-0.05, 0) is 56.7 Å². The van der Waals surface area contributed by atoms with E-state index in [0.29, 0.717) is 29.7 Å². The maximum atomic E-state index is 10.9. The van der Waals surface area contributed by atoms with Crippen LogP contribution in [0.4, 0.5) is 5.69 Å². The van der Waals surface area contributed by atoms with Gasteiger partial charge in [0, 0.05) is 23.3 Å². The standard InChI is InChI=1S/C19H22ClNO4/c1-4-24-17-9-14(16(20)10-18(17)25-12(2)3)11-21-15-7-5-13(6-8-15)19(22)23/h5-10,12,21H,4,11H2,1-3H3,(H,22,23). The second kappa shape index (κ2) is 8.62. The van der Waals surface area contributed by atoms with Gasteiger partial charge in [0.2, 0.25) is 0 Å². The Bertz CT molecular complexity index is 729. The van der Waals surface area contributed by atoms with Gasteiger partial charge in [-0.25, -0.2) is 4.79 Å². The molecule has 0 aliphatic heterocycles. The van der Waals surface area contributed by atoms with E-state index in [1.165, 1.54) is 0 Å². The van der Waals surface area contributed by atoms with Gasteiger partial charge in [-0.3, -0.25) is 0 Å². The van der Waals surface area contributed by atoms with Gasteiger partial charge in [0.25, 0.3) is 0 Å². The van der Waals surface area contributed by atoms with Crippen molar-refractivity contribution in [2.45, 2.75) is 33.4 Å². The highest BCUT2D eigenvalue weighted by Crippen LogP contribution is 2.34. The maximum Gasteiger partial charge on any atom is 0.335 e. The van der Waals surface area contributed by atoms with Crippen molar-refractivity contribution in [3.63, 3.8) is 0 Å². The molecule has 0 amide bonds. The molecule has 0 fully saturated rings. The highest BCUT2D eigenvalue weighted by molar-refractivity contribution is 6.31. The summed E-state index contributed by atoms with van der Waals surface area (Å²) in [5.74, 6) is 0.326. The largest absolute Gasteiger partial charge is 0.490 e. The normalized spacial score (nSPS) is 10.6. The van der Waals surface area contributed by atoms with Crippen LogP contribution in [0.15, 0.2) is 36.4 Å². The molecule has 0 radical (unpaired) electrons. The monoisotopic (exact) mass is 363 g/mol. The van der Waals surface area contributed by atoms with E-state index in [2.05, 4.69) is 5.32 Å². The third-order valence-corrected chi connectivity index (χ3v) is 3.74. The predicted molar refractivity (Wildman–Crippen MR) is 99.1 cm³/mol. The van der Waals surface area contributed by atoms with Crippen molar-refractivity contribution in [3.05, 3.63) is 52.5 Å². The van der Waals surface area contributed by atoms with E-state index in [-0.39, 0.29) is 11.7 Å². The molecule has 0 aliphatic rings. The van der Waals surface area contributed by atoms with Gasteiger partial charge in [0.15, 0.2) is 11.5 Å². The number of halogens is 1. The van der Waals surface area contributed by atoms with E-state index in [0.717, 1.165) is 11.3 Å². The number of carboxylic acid groups (broad SMARTS) is 1. The lowest BCUT2D eigenvalue weighted by atomic mass is 10.1. The molecule has 0 saturated heterocycles. The molecule has 0 saturated carbocycles. The summed E-state index contributed by atoms with van der Waals surface area (Å²) in [5.41, 5.74) is 1.92. The second-order valence-electron chi connectivity index (χ2n) is 5.73. The molecular weight excluding hydrogens is 342 g/mol. The lowest BCUT2D eigenvalue weighted by molar-refractivity contribution is 0.0697. The highest BCUT2D eigenvalue weighted by atomic mass is 35.5. The predicted octanol–water partition coefficient (Wildman–Crippen LogP) is 4.84. The number of benzene rings is 2. The second-order valence-corrected chi connectivity index (χ2v) is 6.13. The van der Waals surface area contributed by atoms with Crippen molar-refractivity contribution < 1.29 is 19.4 Å². The van der Waals surface area contributed by atoms with Gasteiger partial charge in [-0.2, -0.15) is 0 Å². The van der Waals surface area contributed by atoms with Crippen molar-refractivity contribution in [2.75, 3.05) is 11.9 Å². The first-order chi connectivity index (χ1) is 11.9. The first-order valence-electron chi connectivity index (χ1n) is 8.09. The summed E-state index contributed by atoms with van der Waals surface area (Å²) in [6.07, 6.45) is 0.0204. The van der Waals surface area contributed by atoms with Crippen molar-refractivity contribution in [2.24, 2.45) is 0 Å². The number of ether oxygens (including phenoxy) is 2. The molecule has 6 heteroatoms. The van der Waals surface area contributed by atoms with Crippen LogP contribution in [0.3, 0.4) is 0 Å². The minimum absolute atomic E-state index is 0.0204. The number of rotatable bonds is 8. The van der Waals surface area contributed by atoms with Crippen LogP contribution in [0.5, 0.6) is 11.5 Å². The van der Waals surface area contributed by atoms with Gasteiger partial charge in [-0.15, -0.1) is 0 Å². The molecule has 0 unspecified atom stereocenters. The summed E-state index contributed by atoms with van der Waals surface area (Å²) in [6.45, 7) is 6.81. The van der Waals surface area contributed by atoms with Crippen LogP contribution in [-0.4, -0.2) is 23.8 Å². The molecule has 2 aromatic rings. The Labute approximate surface area is 152 Å². The Balaban J connectivity index is 2.15. The number of hydrogen-bond acceptors (Lipinski definition) is 4. The van der Waals surface area contributed by atoms with E-state index >= 15 is 0 Å². The zero-order valence-electron chi connectivity index (χ0n) is 14.5. The van der Waals surface area contributed by atoms with Gasteiger partial charge >= 0.3 is 5.97 Å². The lowest BCUT2D eigenvalue weighted by Crippen LogP contribution is -2.08. The summed E-state index contributed by atoms with van der Waals surface area (Å²) in [6, 6.07) is 10.2. The Morgan fingerprint density at radius 2 is 1.88 bits per heavy atom. The summed E-state index contributed by atoms with van der Waals surface area (Å²) < 4.78 is 11.4. The lowest BCUT2D eigenvalue weighted by Gasteiger charge is -2.17.